The molecule has 0 saturated heterocycles. The van der Waals surface area contributed by atoms with Gasteiger partial charge in [0.15, 0.2) is 0 Å². The van der Waals surface area contributed by atoms with Gasteiger partial charge in [0.2, 0.25) is 0 Å². The molecule has 2 aromatic rings. The molecule has 0 spiro atoms. The molecule has 0 atom stereocenters. The average molecular weight is 338 g/mol. The molecule has 0 saturated carbocycles. The third-order valence-electron chi connectivity index (χ3n) is 2.27. The van der Waals surface area contributed by atoms with Crippen LogP contribution in [-0.2, 0) is 11.3 Å². The molecular weight excluding hydrogens is 327 g/mol. The van der Waals surface area contributed by atoms with Gasteiger partial charge in [-0.25, -0.2) is 4.79 Å². The summed E-state index contributed by atoms with van der Waals surface area (Å²) in [4.78, 5) is 11.7. The quantitative estimate of drug-likeness (QED) is 0.631. The first-order valence-corrected chi connectivity index (χ1v) is 6.30. The van der Waals surface area contributed by atoms with Crippen LogP contribution in [0.15, 0.2) is 54.6 Å². The molecule has 0 aliphatic rings. The maximum Gasteiger partial charge on any atom is 0.338 e. The fourth-order valence-corrected chi connectivity index (χ4v) is 1.97. The molecule has 0 unspecified atom stereocenters. The van der Waals surface area contributed by atoms with Crippen LogP contribution in [0.1, 0.15) is 15.9 Å². The molecule has 0 aliphatic carbocycles. The summed E-state index contributed by atoms with van der Waals surface area (Å²) in [5, 5.41) is 0. The van der Waals surface area contributed by atoms with Gasteiger partial charge in [0.25, 0.3) is 0 Å². The zero-order valence-electron chi connectivity index (χ0n) is 9.10. The molecule has 3 heteroatoms. The van der Waals surface area contributed by atoms with Crippen molar-refractivity contribution < 1.29 is 9.53 Å². The minimum atomic E-state index is -0.285. The predicted molar refractivity (Wildman–Crippen MR) is 74.7 cm³/mol. The standard InChI is InChI=1S/C14H11IO2/c15-13-8-4-7-12(9-13)14(16)17-10-11-5-2-1-3-6-11/h1-9H,10H2. The highest BCUT2D eigenvalue weighted by atomic mass is 127. The van der Waals surface area contributed by atoms with Crippen LogP contribution in [0.5, 0.6) is 0 Å². The largest absolute Gasteiger partial charge is 0.457 e. The second kappa shape index (κ2) is 5.82. The van der Waals surface area contributed by atoms with Gasteiger partial charge in [0, 0.05) is 3.57 Å². The fraction of sp³-hybridized carbons (Fsp3) is 0.0714. The van der Waals surface area contributed by atoms with Gasteiger partial charge >= 0.3 is 5.97 Å². The first-order valence-electron chi connectivity index (χ1n) is 5.22. The van der Waals surface area contributed by atoms with E-state index in [2.05, 4.69) is 22.6 Å². The van der Waals surface area contributed by atoms with E-state index in [1.165, 1.54) is 0 Å². The van der Waals surface area contributed by atoms with Crippen LogP contribution in [0.25, 0.3) is 0 Å². The lowest BCUT2D eigenvalue weighted by atomic mass is 10.2. The smallest absolute Gasteiger partial charge is 0.338 e. The van der Waals surface area contributed by atoms with E-state index in [1.54, 1.807) is 6.07 Å². The van der Waals surface area contributed by atoms with Gasteiger partial charge < -0.3 is 4.74 Å². The molecule has 2 nitrogen and oxygen atoms in total. The van der Waals surface area contributed by atoms with Crippen LogP contribution in [0.2, 0.25) is 0 Å². The van der Waals surface area contributed by atoms with Crippen molar-refractivity contribution in [2.75, 3.05) is 0 Å². The number of halogens is 1. The molecule has 0 fully saturated rings. The van der Waals surface area contributed by atoms with E-state index in [-0.39, 0.29) is 5.97 Å². The molecule has 0 aliphatic heterocycles. The summed E-state index contributed by atoms with van der Waals surface area (Å²) in [7, 11) is 0. The number of hydrogen-bond acceptors (Lipinski definition) is 2. The van der Waals surface area contributed by atoms with Crippen molar-refractivity contribution in [3.05, 3.63) is 69.3 Å². The molecule has 0 aromatic heterocycles. The van der Waals surface area contributed by atoms with Crippen LogP contribution < -0.4 is 0 Å². The molecule has 0 N–H and O–H groups in total. The number of carbonyl (C=O) groups is 1. The molecule has 86 valence electrons. The van der Waals surface area contributed by atoms with Crippen molar-refractivity contribution in [3.63, 3.8) is 0 Å². The summed E-state index contributed by atoms with van der Waals surface area (Å²) in [6, 6.07) is 17.0. The van der Waals surface area contributed by atoms with E-state index in [0.29, 0.717) is 12.2 Å². The Morgan fingerprint density at radius 3 is 2.53 bits per heavy atom. The second-order valence-corrected chi connectivity index (χ2v) is 4.82. The van der Waals surface area contributed by atoms with E-state index in [4.69, 9.17) is 4.74 Å². The van der Waals surface area contributed by atoms with E-state index >= 15 is 0 Å². The molecule has 0 bridgehead atoms. The van der Waals surface area contributed by atoms with Gasteiger partial charge in [-0.2, -0.15) is 0 Å². The van der Waals surface area contributed by atoms with Crippen LogP contribution in [0.4, 0.5) is 0 Å². The molecule has 2 aromatic carbocycles. The minimum Gasteiger partial charge on any atom is -0.457 e. The number of carbonyl (C=O) groups excluding carboxylic acids is 1. The summed E-state index contributed by atoms with van der Waals surface area (Å²) in [5.74, 6) is -0.285. The number of esters is 1. The number of hydrogen-bond donors (Lipinski definition) is 0. The highest BCUT2D eigenvalue weighted by molar-refractivity contribution is 14.1. The Hall–Kier alpha value is -1.36. The van der Waals surface area contributed by atoms with Crippen molar-refractivity contribution in [2.24, 2.45) is 0 Å². The lowest BCUT2D eigenvalue weighted by molar-refractivity contribution is 0.0472. The van der Waals surface area contributed by atoms with E-state index in [9.17, 15) is 4.79 Å². The van der Waals surface area contributed by atoms with Gasteiger partial charge in [-0.15, -0.1) is 0 Å². The van der Waals surface area contributed by atoms with Gasteiger partial charge in [0.05, 0.1) is 5.56 Å². The van der Waals surface area contributed by atoms with Crippen LogP contribution >= 0.6 is 22.6 Å². The molecular formula is C14H11IO2. The topological polar surface area (TPSA) is 26.3 Å². The Labute approximate surface area is 114 Å². The fourth-order valence-electron chi connectivity index (χ4n) is 1.42. The summed E-state index contributed by atoms with van der Waals surface area (Å²) in [6.45, 7) is 0.311. The Morgan fingerprint density at radius 1 is 1.06 bits per heavy atom. The summed E-state index contributed by atoms with van der Waals surface area (Å²) in [5.41, 5.74) is 1.58. The highest BCUT2D eigenvalue weighted by Crippen LogP contribution is 2.10. The Kier molecular flexibility index (Phi) is 4.14. The highest BCUT2D eigenvalue weighted by Gasteiger charge is 2.07. The first kappa shape index (κ1) is 12.1. The van der Waals surface area contributed by atoms with Crippen molar-refractivity contribution in [2.45, 2.75) is 6.61 Å². The maximum atomic E-state index is 11.7. The normalized spacial score (nSPS) is 9.94. The van der Waals surface area contributed by atoms with Gasteiger partial charge in [-0.3, -0.25) is 0 Å². The molecule has 0 amide bonds. The lowest BCUT2D eigenvalue weighted by Crippen LogP contribution is -2.05. The summed E-state index contributed by atoms with van der Waals surface area (Å²) in [6.07, 6.45) is 0. The van der Waals surface area contributed by atoms with Gasteiger partial charge in [0.1, 0.15) is 6.61 Å². The Bertz CT molecular complexity index is 509. The third-order valence-corrected chi connectivity index (χ3v) is 2.94. The van der Waals surface area contributed by atoms with E-state index < -0.39 is 0 Å². The van der Waals surface area contributed by atoms with Crippen molar-refractivity contribution >= 4 is 28.6 Å². The molecule has 0 heterocycles. The van der Waals surface area contributed by atoms with E-state index in [1.807, 2.05) is 48.5 Å². The van der Waals surface area contributed by atoms with Crippen molar-refractivity contribution in [1.82, 2.24) is 0 Å². The van der Waals surface area contributed by atoms with Crippen LogP contribution in [0.3, 0.4) is 0 Å². The van der Waals surface area contributed by atoms with Crippen LogP contribution in [0, 0.1) is 3.57 Å². The second-order valence-electron chi connectivity index (χ2n) is 3.57. The summed E-state index contributed by atoms with van der Waals surface area (Å²) < 4.78 is 6.25. The zero-order valence-corrected chi connectivity index (χ0v) is 11.3. The lowest BCUT2D eigenvalue weighted by Gasteiger charge is -2.05. The van der Waals surface area contributed by atoms with Crippen molar-refractivity contribution in [1.29, 1.82) is 0 Å². The van der Waals surface area contributed by atoms with Gasteiger partial charge in [-0.05, 0) is 46.4 Å². The number of ether oxygens (including phenoxy) is 1. The SMILES string of the molecule is O=C(OCc1ccccc1)c1cccc(I)c1. The van der Waals surface area contributed by atoms with Crippen molar-refractivity contribution in [3.8, 4) is 0 Å². The molecule has 2 rings (SSSR count). The average Bonchev–Trinajstić information content (AvgIpc) is 2.37. The first-order chi connectivity index (χ1) is 8.25. The number of benzene rings is 2. The predicted octanol–water partition coefficient (Wildman–Crippen LogP) is 3.65. The zero-order chi connectivity index (χ0) is 12.1. The monoisotopic (exact) mass is 338 g/mol. The Balaban J connectivity index is 1.98. The minimum absolute atomic E-state index is 0.285. The third kappa shape index (κ3) is 3.56. The summed E-state index contributed by atoms with van der Waals surface area (Å²) >= 11 is 2.17. The number of rotatable bonds is 3. The Morgan fingerprint density at radius 2 is 1.82 bits per heavy atom. The van der Waals surface area contributed by atoms with E-state index in [0.717, 1.165) is 9.13 Å². The molecule has 17 heavy (non-hydrogen) atoms. The maximum absolute atomic E-state index is 11.7. The van der Waals surface area contributed by atoms with Gasteiger partial charge in [-0.1, -0.05) is 36.4 Å². The molecule has 0 radical (unpaired) electrons. The van der Waals surface area contributed by atoms with Crippen LogP contribution in [-0.4, -0.2) is 5.97 Å².